The molecule has 7 heteroatoms. The Hall–Kier alpha value is -3.03. The van der Waals surface area contributed by atoms with Crippen LogP contribution in [0.2, 0.25) is 0 Å². The molecule has 0 aliphatic heterocycles. The molecule has 0 saturated heterocycles. The van der Waals surface area contributed by atoms with Gasteiger partial charge in [-0.1, -0.05) is 24.3 Å². The molecule has 2 aliphatic carbocycles. The van der Waals surface area contributed by atoms with Crippen molar-refractivity contribution in [1.82, 2.24) is 19.6 Å². The molecule has 2 heterocycles. The van der Waals surface area contributed by atoms with Crippen LogP contribution in [0.15, 0.2) is 48.8 Å². The van der Waals surface area contributed by atoms with Gasteiger partial charge in [-0.05, 0) is 99.3 Å². The number of hydrogen-bond donors (Lipinski definition) is 2. The lowest BCUT2D eigenvalue weighted by atomic mass is 9.73. The largest absolute Gasteiger partial charge is 0.390 e. The second-order valence-electron chi connectivity index (χ2n) is 12.8. The van der Waals surface area contributed by atoms with Gasteiger partial charge in [0.05, 0.1) is 22.2 Å². The molecular formula is C33H42N4O3. The molecule has 2 aromatic carbocycles. The number of carbonyl (C=O) groups excluding carboxylic acids is 1. The SMILES string of the molecule is Cn1cc2ccc(C3CCC(O)(CCC(=O)CCC4(O)CCC(c5ccc6cn(C)nc6c5)CC4)CC3)cc2n1. The van der Waals surface area contributed by atoms with Crippen LogP contribution >= 0.6 is 0 Å². The zero-order valence-corrected chi connectivity index (χ0v) is 23.9. The van der Waals surface area contributed by atoms with Crippen molar-refractivity contribution in [3.63, 3.8) is 0 Å². The van der Waals surface area contributed by atoms with Gasteiger partial charge in [0, 0.05) is 50.1 Å². The number of aryl methyl sites for hydroxylation is 2. The maximum absolute atomic E-state index is 12.8. The first kappa shape index (κ1) is 27.2. The van der Waals surface area contributed by atoms with Crippen LogP contribution in [0.5, 0.6) is 0 Å². The van der Waals surface area contributed by atoms with Gasteiger partial charge in [0.25, 0.3) is 0 Å². The summed E-state index contributed by atoms with van der Waals surface area (Å²) in [6.45, 7) is 0. The summed E-state index contributed by atoms with van der Waals surface area (Å²) in [6, 6.07) is 13.0. The Bertz CT molecular complexity index is 1390. The summed E-state index contributed by atoms with van der Waals surface area (Å²) in [5.41, 5.74) is 3.12. The topological polar surface area (TPSA) is 93.2 Å². The third-order valence-corrected chi connectivity index (χ3v) is 9.81. The molecule has 0 unspecified atom stereocenters. The first-order valence-corrected chi connectivity index (χ1v) is 15.0. The van der Waals surface area contributed by atoms with E-state index in [4.69, 9.17) is 0 Å². The first-order valence-electron chi connectivity index (χ1n) is 15.0. The van der Waals surface area contributed by atoms with Crippen molar-refractivity contribution in [2.75, 3.05) is 0 Å². The molecule has 2 aliphatic rings. The summed E-state index contributed by atoms with van der Waals surface area (Å²) in [6.07, 6.45) is 12.5. The molecule has 2 N–H and O–H groups in total. The summed E-state index contributed by atoms with van der Waals surface area (Å²) in [4.78, 5) is 12.8. The van der Waals surface area contributed by atoms with Crippen molar-refractivity contribution in [2.24, 2.45) is 14.1 Å². The van der Waals surface area contributed by atoms with Crippen LogP contribution in [-0.2, 0) is 18.9 Å². The Labute approximate surface area is 236 Å². The summed E-state index contributed by atoms with van der Waals surface area (Å²) in [5, 5.41) is 33.8. The number of hydrogen-bond acceptors (Lipinski definition) is 5. The number of aliphatic hydroxyl groups is 2. The van der Waals surface area contributed by atoms with Crippen molar-refractivity contribution < 1.29 is 15.0 Å². The molecule has 7 nitrogen and oxygen atoms in total. The van der Waals surface area contributed by atoms with Crippen molar-refractivity contribution >= 4 is 27.6 Å². The minimum Gasteiger partial charge on any atom is -0.390 e. The van der Waals surface area contributed by atoms with Crippen LogP contribution in [-0.4, -0.2) is 46.8 Å². The predicted octanol–water partition coefficient (Wildman–Crippen LogP) is 6.07. The lowest BCUT2D eigenvalue weighted by molar-refractivity contribution is -0.122. The molecule has 0 spiro atoms. The summed E-state index contributed by atoms with van der Waals surface area (Å²) < 4.78 is 3.69. The second kappa shape index (κ2) is 10.7. The minimum absolute atomic E-state index is 0.160. The average Bonchev–Trinajstić information content (AvgIpc) is 3.51. The van der Waals surface area contributed by atoms with Crippen molar-refractivity contribution in [2.45, 2.75) is 100 Å². The molecule has 2 saturated carbocycles. The lowest BCUT2D eigenvalue weighted by Gasteiger charge is -2.37. The van der Waals surface area contributed by atoms with Crippen LogP contribution < -0.4 is 0 Å². The van der Waals surface area contributed by atoms with Crippen LogP contribution in [0.25, 0.3) is 21.8 Å². The minimum atomic E-state index is -0.759. The summed E-state index contributed by atoms with van der Waals surface area (Å²) in [5.74, 6) is 1.02. The van der Waals surface area contributed by atoms with Crippen LogP contribution in [0.3, 0.4) is 0 Å². The highest BCUT2D eigenvalue weighted by atomic mass is 16.3. The number of aromatic nitrogens is 4. The van der Waals surface area contributed by atoms with Gasteiger partial charge < -0.3 is 10.2 Å². The zero-order chi connectivity index (χ0) is 27.9. The molecule has 2 aromatic heterocycles. The van der Waals surface area contributed by atoms with Gasteiger partial charge in [0.15, 0.2) is 0 Å². The van der Waals surface area contributed by atoms with E-state index in [0.29, 0.717) is 37.5 Å². The number of ketones is 1. The maximum atomic E-state index is 12.8. The Kier molecular flexibility index (Phi) is 7.30. The molecule has 0 atom stereocenters. The maximum Gasteiger partial charge on any atom is 0.133 e. The molecule has 6 rings (SSSR count). The third-order valence-electron chi connectivity index (χ3n) is 9.81. The van der Waals surface area contributed by atoms with Crippen LogP contribution in [0, 0.1) is 0 Å². The number of benzene rings is 2. The van der Waals surface area contributed by atoms with Gasteiger partial charge in [0.2, 0.25) is 0 Å². The number of rotatable bonds is 8. The lowest BCUT2D eigenvalue weighted by Crippen LogP contribution is -2.35. The van der Waals surface area contributed by atoms with E-state index >= 15 is 0 Å². The van der Waals surface area contributed by atoms with E-state index in [0.717, 1.165) is 73.2 Å². The quantitative estimate of drug-likeness (QED) is 0.282. The van der Waals surface area contributed by atoms with E-state index in [2.05, 4.69) is 46.6 Å². The normalized spacial score (nSPS) is 27.4. The van der Waals surface area contributed by atoms with Crippen LogP contribution in [0.1, 0.15) is 100 Å². The number of carbonyl (C=O) groups is 1. The van der Waals surface area contributed by atoms with Crippen LogP contribution in [0.4, 0.5) is 0 Å². The summed E-state index contributed by atoms with van der Waals surface area (Å²) >= 11 is 0. The number of nitrogens with zero attached hydrogens (tertiary/aromatic N) is 4. The van der Waals surface area contributed by atoms with Gasteiger partial charge in [-0.3, -0.25) is 14.2 Å². The first-order chi connectivity index (χ1) is 19.2. The molecule has 212 valence electrons. The average molecular weight is 543 g/mol. The fourth-order valence-electron chi connectivity index (χ4n) is 7.17. The van der Waals surface area contributed by atoms with E-state index in [1.54, 1.807) is 0 Å². The Balaban J connectivity index is 0.943. The fourth-order valence-corrected chi connectivity index (χ4v) is 7.17. The smallest absolute Gasteiger partial charge is 0.133 e. The number of Topliss-reactive ketones (excluding diaryl/α,β-unsaturated/α-hetero) is 1. The highest BCUT2D eigenvalue weighted by molar-refractivity contribution is 5.80. The van der Waals surface area contributed by atoms with E-state index in [1.165, 1.54) is 11.1 Å². The van der Waals surface area contributed by atoms with Crippen molar-refractivity contribution in [3.05, 3.63) is 59.9 Å². The van der Waals surface area contributed by atoms with Gasteiger partial charge in [0.1, 0.15) is 5.78 Å². The highest BCUT2D eigenvalue weighted by Gasteiger charge is 2.36. The fraction of sp³-hybridized carbons (Fsp3) is 0.545. The molecule has 2 fully saturated rings. The predicted molar refractivity (Wildman–Crippen MR) is 157 cm³/mol. The summed E-state index contributed by atoms with van der Waals surface area (Å²) in [7, 11) is 3.88. The number of fused-ring (bicyclic) bond motifs is 2. The molecule has 0 amide bonds. The van der Waals surface area contributed by atoms with Gasteiger partial charge in [-0.25, -0.2) is 0 Å². The molecule has 4 aromatic rings. The second-order valence-corrected chi connectivity index (χ2v) is 12.8. The zero-order valence-electron chi connectivity index (χ0n) is 23.9. The van der Waals surface area contributed by atoms with Gasteiger partial charge in [-0.15, -0.1) is 0 Å². The van der Waals surface area contributed by atoms with Gasteiger partial charge in [-0.2, -0.15) is 10.2 Å². The third kappa shape index (κ3) is 5.86. The van der Waals surface area contributed by atoms with E-state index in [1.807, 2.05) is 35.9 Å². The van der Waals surface area contributed by atoms with E-state index in [-0.39, 0.29) is 5.78 Å². The van der Waals surface area contributed by atoms with Gasteiger partial charge >= 0.3 is 0 Å². The van der Waals surface area contributed by atoms with E-state index in [9.17, 15) is 15.0 Å². The Morgan fingerprint density at radius 2 is 1.15 bits per heavy atom. The standard InChI is InChI=1S/C33H42N4O3/c1-36-21-27-5-3-25(19-30(27)34-36)23-7-13-32(39,14-8-23)17-11-29(38)12-18-33(40)15-9-24(10-16-33)26-4-6-28-22-37(2)35-31(28)20-26/h3-6,19-24,39-40H,7-18H2,1-2H3. The Morgan fingerprint density at radius 3 is 1.55 bits per heavy atom. The van der Waals surface area contributed by atoms with E-state index < -0.39 is 11.2 Å². The molecule has 40 heavy (non-hydrogen) atoms. The molecule has 0 radical (unpaired) electrons. The monoisotopic (exact) mass is 542 g/mol. The molecule has 0 bridgehead atoms. The highest BCUT2D eigenvalue weighted by Crippen LogP contribution is 2.42. The van der Waals surface area contributed by atoms with Crippen molar-refractivity contribution in [1.29, 1.82) is 0 Å². The van der Waals surface area contributed by atoms with Crippen molar-refractivity contribution in [3.8, 4) is 0 Å². The Morgan fingerprint density at radius 1 is 0.750 bits per heavy atom. The molecular weight excluding hydrogens is 500 g/mol.